The first kappa shape index (κ1) is 10.7. The summed E-state index contributed by atoms with van der Waals surface area (Å²) in [6, 6.07) is 0. The summed E-state index contributed by atoms with van der Waals surface area (Å²) in [5.41, 5.74) is 0. The Kier molecular flexibility index (Phi) is 3.91. The van der Waals surface area contributed by atoms with Crippen molar-refractivity contribution in [3.63, 3.8) is 0 Å². The Balaban J connectivity index is 2.53. The maximum atomic E-state index is 4.43. The van der Waals surface area contributed by atoms with Crippen LogP contribution >= 0.6 is 11.3 Å². The van der Waals surface area contributed by atoms with Gasteiger partial charge in [-0.1, -0.05) is 27.7 Å². The molecular formula is C11H19NS. The van der Waals surface area contributed by atoms with Gasteiger partial charge in [0.25, 0.3) is 0 Å². The molecule has 1 rings (SSSR count). The first-order valence-electron chi connectivity index (χ1n) is 5.01. The Morgan fingerprint density at radius 3 is 2.31 bits per heavy atom. The standard InChI is InChI=1S/C11H19NS/c1-8(2)5-10-7-12-11(13-10)6-9(3)4/h7-9H,5-6H2,1-4H3. The molecule has 2 heteroatoms. The minimum absolute atomic E-state index is 0.720. The van der Waals surface area contributed by atoms with E-state index in [1.807, 2.05) is 17.5 Å². The van der Waals surface area contributed by atoms with E-state index in [4.69, 9.17) is 0 Å². The minimum Gasteiger partial charge on any atom is -0.249 e. The molecule has 1 aromatic heterocycles. The summed E-state index contributed by atoms with van der Waals surface area (Å²) in [7, 11) is 0. The smallest absolute Gasteiger partial charge is 0.0930 e. The molecule has 0 fully saturated rings. The van der Waals surface area contributed by atoms with Gasteiger partial charge in [-0.25, -0.2) is 4.98 Å². The second kappa shape index (κ2) is 4.75. The highest BCUT2D eigenvalue weighted by molar-refractivity contribution is 7.11. The Hall–Kier alpha value is -0.370. The summed E-state index contributed by atoms with van der Waals surface area (Å²) in [4.78, 5) is 5.86. The lowest BCUT2D eigenvalue weighted by Crippen LogP contribution is -1.91. The van der Waals surface area contributed by atoms with Gasteiger partial charge >= 0.3 is 0 Å². The van der Waals surface area contributed by atoms with E-state index in [2.05, 4.69) is 32.7 Å². The van der Waals surface area contributed by atoms with E-state index in [0.29, 0.717) is 0 Å². The van der Waals surface area contributed by atoms with Crippen molar-refractivity contribution in [2.24, 2.45) is 11.8 Å². The van der Waals surface area contributed by atoms with Crippen LogP contribution in [0.1, 0.15) is 37.6 Å². The zero-order valence-corrected chi connectivity index (χ0v) is 9.82. The van der Waals surface area contributed by atoms with Crippen molar-refractivity contribution in [2.75, 3.05) is 0 Å². The molecule has 1 heterocycles. The van der Waals surface area contributed by atoms with E-state index in [-0.39, 0.29) is 0 Å². The number of thiazole rings is 1. The molecule has 13 heavy (non-hydrogen) atoms. The van der Waals surface area contributed by atoms with Crippen molar-refractivity contribution in [1.82, 2.24) is 4.98 Å². The van der Waals surface area contributed by atoms with Crippen LogP contribution < -0.4 is 0 Å². The van der Waals surface area contributed by atoms with Crippen LogP contribution in [0.5, 0.6) is 0 Å². The number of hydrogen-bond donors (Lipinski definition) is 0. The Morgan fingerprint density at radius 1 is 1.15 bits per heavy atom. The lowest BCUT2D eigenvalue weighted by atomic mass is 10.1. The monoisotopic (exact) mass is 197 g/mol. The van der Waals surface area contributed by atoms with Crippen molar-refractivity contribution >= 4 is 11.3 Å². The molecule has 0 saturated heterocycles. The predicted octanol–water partition coefficient (Wildman–Crippen LogP) is 3.54. The maximum Gasteiger partial charge on any atom is 0.0930 e. The molecule has 0 aliphatic rings. The molecule has 0 amide bonds. The lowest BCUT2D eigenvalue weighted by molar-refractivity contribution is 0.644. The van der Waals surface area contributed by atoms with Gasteiger partial charge in [0.05, 0.1) is 5.01 Å². The Labute approximate surface area is 85.2 Å². The van der Waals surface area contributed by atoms with Crippen LogP contribution in [0.3, 0.4) is 0 Å². The third kappa shape index (κ3) is 3.90. The van der Waals surface area contributed by atoms with Gasteiger partial charge in [0.1, 0.15) is 0 Å². The van der Waals surface area contributed by atoms with E-state index >= 15 is 0 Å². The lowest BCUT2D eigenvalue weighted by Gasteiger charge is -2.00. The van der Waals surface area contributed by atoms with Gasteiger partial charge in [0.15, 0.2) is 0 Å². The molecule has 0 bridgehead atoms. The highest BCUT2D eigenvalue weighted by atomic mass is 32.1. The molecule has 0 radical (unpaired) electrons. The zero-order chi connectivity index (χ0) is 9.84. The van der Waals surface area contributed by atoms with Crippen molar-refractivity contribution in [1.29, 1.82) is 0 Å². The molecule has 0 unspecified atom stereocenters. The number of aromatic nitrogens is 1. The van der Waals surface area contributed by atoms with Gasteiger partial charge in [-0.3, -0.25) is 0 Å². The van der Waals surface area contributed by atoms with Crippen molar-refractivity contribution in [3.05, 3.63) is 16.1 Å². The molecule has 74 valence electrons. The van der Waals surface area contributed by atoms with Gasteiger partial charge in [0, 0.05) is 17.5 Å². The van der Waals surface area contributed by atoms with Crippen molar-refractivity contribution < 1.29 is 0 Å². The fourth-order valence-corrected chi connectivity index (χ4v) is 2.64. The fourth-order valence-electron chi connectivity index (χ4n) is 1.29. The van der Waals surface area contributed by atoms with Crippen molar-refractivity contribution in [2.45, 2.75) is 40.5 Å². The van der Waals surface area contributed by atoms with Gasteiger partial charge in [0.2, 0.25) is 0 Å². The van der Waals surface area contributed by atoms with E-state index in [9.17, 15) is 0 Å². The van der Waals surface area contributed by atoms with Crippen LogP contribution in [0.2, 0.25) is 0 Å². The van der Waals surface area contributed by atoms with Crippen LogP contribution in [0, 0.1) is 11.8 Å². The Bertz CT molecular complexity index is 226. The largest absolute Gasteiger partial charge is 0.249 e. The summed E-state index contributed by atoms with van der Waals surface area (Å²) in [6.07, 6.45) is 4.35. The van der Waals surface area contributed by atoms with E-state index in [1.165, 1.54) is 16.3 Å². The topological polar surface area (TPSA) is 12.9 Å². The summed E-state index contributed by atoms with van der Waals surface area (Å²) >= 11 is 1.88. The zero-order valence-electron chi connectivity index (χ0n) is 9.00. The van der Waals surface area contributed by atoms with Crippen LogP contribution in [0.15, 0.2) is 6.20 Å². The SMILES string of the molecule is CC(C)Cc1cnc(CC(C)C)s1. The highest BCUT2D eigenvalue weighted by Crippen LogP contribution is 2.19. The molecule has 0 saturated carbocycles. The minimum atomic E-state index is 0.720. The molecule has 0 aromatic carbocycles. The van der Waals surface area contributed by atoms with Gasteiger partial charge < -0.3 is 0 Å². The van der Waals surface area contributed by atoms with Crippen LogP contribution in [-0.2, 0) is 12.8 Å². The molecule has 0 spiro atoms. The predicted molar refractivity (Wildman–Crippen MR) is 59.2 cm³/mol. The van der Waals surface area contributed by atoms with Gasteiger partial charge in [-0.2, -0.15) is 0 Å². The van der Waals surface area contributed by atoms with Crippen molar-refractivity contribution in [3.8, 4) is 0 Å². The number of rotatable bonds is 4. The molecule has 0 aliphatic heterocycles. The second-order valence-corrected chi connectivity index (χ2v) is 5.62. The van der Waals surface area contributed by atoms with E-state index < -0.39 is 0 Å². The molecule has 1 aromatic rings. The number of nitrogens with zero attached hydrogens (tertiary/aromatic N) is 1. The average Bonchev–Trinajstić information content (AvgIpc) is 2.33. The van der Waals surface area contributed by atoms with Crippen LogP contribution in [-0.4, -0.2) is 4.98 Å². The normalized spacial score (nSPS) is 11.5. The summed E-state index contributed by atoms with van der Waals surface area (Å²) in [6.45, 7) is 8.98. The van der Waals surface area contributed by atoms with Crippen LogP contribution in [0.4, 0.5) is 0 Å². The summed E-state index contributed by atoms with van der Waals surface area (Å²) < 4.78 is 0. The summed E-state index contributed by atoms with van der Waals surface area (Å²) in [5.74, 6) is 1.46. The first-order valence-corrected chi connectivity index (χ1v) is 5.83. The third-order valence-electron chi connectivity index (χ3n) is 1.79. The van der Waals surface area contributed by atoms with Gasteiger partial charge in [-0.15, -0.1) is 11.3 Å². The fraction of sp³-hybridized carbons (Fsp3) is 0.727. The van der Waals surface area contributed by atoms with Gasteiger partial charge in [-0.05, 0) is 18.3 Å². The first-order chi connectivity index (χ1) is 6.08. The molecule has 0 aliphatic carbocycles. The highest BCUT2D eigenvalue weighted by Gasteiger charge is 2.05. The van der Waals surface area contributed by atoms with Crippen LogP contribution in [0.25, 0.3) is 0 Å². The molecule has 1 nitrogen and oxygen atoms in total. The average molecular weight is 197 g/mol. The number of hydrogen-bond acceptors (Lipinski definition) is 2. The molecular weight excluding hydrogens is 178 g/mol. The molecule has 0 atom stereocenters. The Morgan fingerprint density at radius 2 is 1.77 bits per heavy atom. The van der Waals surface area contributed by atoms with E-state index in [0.717, 1.165) is 18.3 Å². The van der Waals surface area contributed by atoms with E-state index in [1.54, 1.807) is 0 Å². The molecule has 0 N–H and O–H groups in total. The quantitative estimate of drug-likeness (QED) is 0.719. The third-order valence-corrected chi connectivity index (χ3v) is 2.84. The summed E-state index contributed by atoms with van der Waals surface area (Å²) in [5, 5.41) is 1.30. The maximum absolute atomic E-state index is 4.43. The second-order valence-electron chi connectivity index (χ2n) is 4.42.